The Morgan fingerprint density at radius 2 is 1.34 bits per heavy atom. The molecule has 0 aliphatic heterocycles. The quantitative estimate of drug-likeness (QED) is 0.304. The summed E-state index contributed by atoms with van der Waals surface area (Å²) in [4.78, 5) is 39.3. The molecule has 32 heavy (non-hydrogen) atoms. The molecule has 0 aromatic carbocycles. The van der Waals surface area contributed by atoms with Crippen LogP contribution in [0, 0.1) is 13.8 Å². The van der Waals surface area contributed by atoms with E-state index in [1.54, 1.807) is 25.2 Å². The van der Waals surface area contributed by atoms with Crippen molar-refractivity contribution < 1.29 is 19.4 Å². The van der Waals surface area contributed by atoms with Gasteiger partial charge in [0, 0.05) is 23.0 Å². The van der Waals surface area contributed by atoms with Crippen molar-refractivity contribution >= 4 is 55.3 Å². The van der Waals surface area contributed by atoms with Crippen LogP contribution in [0.2, 0.25) is 0 Å². The van der Waals surface area contributed by atoms with Gasteiger partial charge in [0.25, 0.3) is 0 Å². The molecule has 172 valence electrons. The number of carbonyl (C=O) groups excluding carboxylic acids is 1. The summed E-state index contributed by atoms with van der Waals surface area (Å²) in [5.41, 5.74) is 4.06. The number of rotatable bonds is 5. The zero-order chi connectivity index (χ0) is 23.7. The maximum absolute atomic E-state index is 11.7. The highest BCUT2D eigenvalue weighted by Crippen LogP contribution is 2.31. The average Bonchev–Trinajstić information content (AvgIpc) is 3.44. The number of aryl methyl sites for hydroxylation is 2. The first-order valence-electron chi connectivity index (χ1n) is 10.4. The van der Waals surface area contributed by atoms with Gasteiger partial charge in [-0.05, 0) is 20.8 Å². The molecule has 0 aliphatic rings. The third-order valence-corrected chi connectivity index (χ3v) is 7.45. The minimum Gasteiger partial charge on any atom is -0.477 e. The molecule has 0 bridgehead atoms. The Morgan fingerprint density at radius 1 is 0.906 bits per heavy atom. The number of carboxylic acids is 1. The monoisotopic (exact) mass is 476 g/mol. The second-order valence-electron chi connectivity index (χ2n) is 8.04. The van der Waals surface area contributed by atoms with Gasteiger partial charge < -0.3 is 19.8 Å². The van der Waals surface area contributed by atoms with Crippen LogP contribution in [0.3, 0.4) is 0 Å². The Morgan fingerprint density at radius 3 is 1.72 bits per heavy atom. The third kappa shape index (κ3) is 4.56. The minimum absolute atomic E-state index is 0.249. The smallest absolute Gasteiger partial charge is 0.355 e. The Bertz CT molecular complexity index is 1280. The summed E-state index contributed by atoms with van der Waals surface area (Å²) < 4.78 is 4.99. The van der Waals surface area contributed by atoms with Crippen LogP contribution in [0.5, 0.6) is 0 Å². The molecule has 0 radical (unpaired) electrons. The first-order chi connectivity index (χ1) is 15.0. The molecule has 0 saturated heterocycles. The summed E-state index contributed by atoms with van der Waals surface area (Å²) in [6, 6.07) is 0. The summed E-state index contributed by atoms with van der Waals surface area (Å²) in [5.74, 6) is -0.445. The van der Waals surface area contributed by atoms with E-state index < -0.39 is 5.97 Å². The van der Waals surface area contributed by atoms with E-state index in [1.165, 1.54) is 11.3 Å². The van der Waals surface area contributed by atoms with E-state index in [-0.39, 0.29) is 11.7 Å². The molecule has 0 amide bonds. The number of aromatic amines is 2. The molecule has 4 rings (SSSR count). The van der Waals surface area contributed by atoms with Crippen LogP contribution in [-0.2, 0) is 4.74 Å². The van der Waals surface area contributed by atoms with Crippen molar-refractivity contribution in [3.63, 3.8) is 0 Å². The number of thiazole rings is 2. The molecule has 0 unspecified atom stereocenters. The van der Waals surface area contributed by atoms with Crippen LogP contribution in [-0.4, -0.2) is 43.6 Å². The van der Waals surface area contributed by atoms with Gasteiger partial charge in [0.1, 0.15) is 32.1 Å². The highest BCUT2D eigenvalue weighted by atomic mass is 32.1. The summed E-state index contributed by atoms with van der Waals surface area (Å²) in [6.07, 6.45) is 0. The highest BCUT2D eigenvalue weighted by molar-refractivity contribution is 7.18. The molecule has 4 aromatic rings. The number of ether oxygens (including phenoxy) is 1. The third-order valence-electron chi connectivity index (χ3n) is 4.91. The van der Waals surface area contributed by atoms with Crippen molar-refractivity contribution in [1.29, 1.82) is 0 Å². The predicted molar refractivity (Wildman–Crippen MR) is 129 cm³/mol. The van der Waals surface area contributed by atoms with Crippen molar-refractivity contribution in [1.82, 2.24) is 19.9 Å². The molecule has 10 heteroatoms. The Labute approximate surface area is 194 Å². The maximum atomic E-state index is 11.7. The lowest BCUT2D eigenvalue weighted by Gasteiger charge is -2.00. The number of aromatic nitrogens is 4. The van der Waals surface area contributed by atoms with Crippen LogP contribution >= 0.6 is 22.7 Å². The number of hydrogen-bond donors (Lipinski definition) is 3. The molecule has 0 fully saturated rings. The number of aromatic carboxylic acids is 1. The topological polar surface area (TPSA) is 121 Å². The van der Waals surface area contributed by atoms with Crippen LogP contribution < -0.4 is 0 Å². The zero-order valence-corrected chi connectivity index (χ0v) is 20.9. The lowest BCUT2D eigenvalue weighted by molar-refractivity contribution is 0.0519. The number of carbonyl (C=O) groups is 2. The van der Waals surface area contributed by atoms with Gasteiger partial charge in [-0.3, -0.25) is 0 Å². The fraction of sp³-hybridized carbons (Fsp3) is 0.455. The van der Waals surface area contributed by atoms with E-state index in [2.05, 4.69) is 47.6 Å². The maximum Gasteiger partial charge on any atom is 0.355 e. The van der Waals surface area contributed by atoms with Crippen LogP contribution in [0.4, 0.5) is 0 Å². The second kappa shape index (κ2) is 9.41. The molecule has 4 heterocycles. The number of H-pyrrole nitrogens is 2. The van der Waals surface area contributed by atoms with Crippen molar-refractivity contribution in [2.45, 2.75) is 60.3 Å². The van der Waals surface area contributed by atoms with Gasteiger partial charge in [-0.25, -0.2) is 19.6 Å². The Kier molecular flexibility index (Phi) is 7.04. The molecule has 0 saturated carbocycles. The fourth-order valence-electron chi connectivity index (χ4n) is 3.12. The second-order valence-corrected chi connectivity index (χ2v) is 10.1. The Balaban J connectivity index is 0.000000182. The first-order valence-corrected chi connectivity index (χ1v) is 12.1. The highest BCUT2D eigenvalue weighted by Gasteiger charge is 2.20. The van der Waals surface area contributed by atoms with E-state index in [0.717, 1.165) is 41.8 Å². The molecular weight excluding hydrogens is 448 g/mol. The standard InChI is InChI=1S/C12H16N2O2S.C10H12N2O2S/c1-5-16-12(15)9-7(4)8-11(14-9)17-10(13-8)6(2)3;1-4(2)8-11-6-5(3)7(10(13)14)12-9(6)15-8/h6,14H,5H2,1-4H3;4,12H,1-3H3,(H,13,14). The molecule has 0 spiro atoms. The fourth-order valence-corrected chi connectivity index (χ4v) is 5.18. The van der Waals surface area contributed by atoms with E-state index in [0.29, 0.717) is 24.1 Å². The van der Waals surface area contributed by atoms with Gasteiger partial charge in [-0.15, -0.1) is 22.7 Å². The van der Waals surface area contributed by atoms with E-state index in [1.807, 2.05) is 6.92 Å². The van der Waals surface area contributed by atoms with Gasteiger partial charge in [0.05, 0.1) is 16.6 Å². The molecular formula is C22H28N4O4S2. The molecule has 3 N–H and O–H groups in total. The number of fused-ring (bicyclic) bond motifs is 2. The van der Waals surface area contributed by atoms with E-state index >= 15 is 0 Å². The van der Waals surface area contributed by atoms with Gasteiger partial charge >= 0.3 is 11.9 Å². The summed E-state index contributed by atoms with van der Waals surface area (Å²) in [7, 11) is 0. The number of hydrogen-bond acceptors (Lipinski definition) is 7. The molecule has 0 atom stereocenters. The summed E-state index contributed by atoms with van der Waals surface area (Å²) in [6.45, 7) is 14.2. The van der Waals surface area contributed by atoms with E-state index in [4.69, 9.17) is 9.84 Å². The van der Waals surface area contributed by atoms with Crippen molar-refractivity contribution in [3.05, 3.63) is 32.5 Å². The lowest BCUT2D eigenvalue weighted by Crippen LogP contribution is -2.06. The average molecular weight is 477 g/mol. The van der Waals surface area contributed by atoms with Crippen molar-refractivity contribution in [3.8, 4) is 0 Å². The number of nitrogens with zero attached hydrogens (tertiary/aromatic N) is 2. The zero-order valence-electron chi connectivity index (χ0n) is 19.2. The van der Waals surface area contributed by atoms with Gasteiger partial charge in [-0.2, -0.15) is 0 Å². The predicted octanol–water partition coefficient (Wildman–Crippen LogP) is 5.99. The number of nitrogens with one attached hydrogen (secondary N) is 2. The van der Waals surface area contributed by atoms with E-state index in [9.17, 15) is 9.59 Å². The molecule has 4 aromatic heterocycles. The van der Waals surface area contributed by atoms with Gasteiger partial charge in [-0.1, -0.05) is 27.7 Å². The Hall–Kier alpha value is -2.72. The van der Waals surface area contributed by atoms with Gasteiger partial charge in [0.2, 0.25) is 0 Å². The summed E-state index contributed by atoms with van der Waals surface area (Å²) in [5, 5.41) is 11.0. The van der Waals surface area contributed by atoms with Gasteiger partial charge in [0.15, 0.2) is 0 Å². The number of carboxylic acid groups (broad SMARTS) is 1. The van der Waals surface area contributed by atoms with Crippen LogP contribution in [0.15, 0.2) is 0 Å². The number of esters is 1. The molecule has 0 aliphatic carbocycles. The van der Waals surface area contributed by atoms with Crippen molar-refractivity contribution in [2.24, 2.45) is 0 Å². The SMILES string of the molecule is CCOC(=O)c1[nH]c2sc(C(C)C)nc2c1C.Cc1c(C(=O)O)[nH]c2sc(C(C)C)nc12. The summed E-state index contributed by atoms with van der Waals surface area (Å²) >= 11 is 3.13. The van der Waals surface area contributed by atoms with Crippen LogP contribution in [0.1, 0.15) is 88.6 Å². The lowest BCUT2D eigenvalue weighted by atomic mass is 10.2. The first kappa shape index (κ1) is 23.9. The van der Waals surface area contributed by atoms with Crippen molar-refractivity contribution in [2.75, 3.05) is 6.61 Å². The normalized spacial score (nSPS) is 11.4. The minimum atomic E-state index is -0.927. The van der Waals surface area contributed by atoms with Crippen LogP contribution in [0.25, 0.3) is 20.7 Å². The molecule has 8 nitrogen and oxygen atoms in total. The largest absolute Gasteiger partial charge is 0.477 e.